The normalized spacial score (nSPS) is 27.6. The Labute approximate surface area is 248 Å². The minimum Gasteiger partial charge on any atom is -0.493 e. The summed E-state index contributed by atoms with van der Waals surface area (Å²) < 4.78 is 6.48. The van der Waals surface area contributed by atoms with Gasteiger partial charge in [-0.1, -0.05) is 55.8 Å². The number of rotatable bonds is 8. The molecule has 3 atom stereocenters. The Morgan fingerprint density at radius 3 is 2.71 bits per heavy atom. The highest BCUT2D eigenvalue weighted by Crippen LogP contribution is 2.56. The molecule has 1 heterocycles. The van der Waals surface area contributed by atoms with Crippen molar-refractivity contribution < 1.29 is 14.6 Å². The molecule has 1 spiro atoms. The van der Waals surface area contributed by atoms with Crippen molar-refractivity contribution >= 4 is 23.3 Å². The highest BCUT2D eigenvalue weighted by atomic mass is 35.5. The van der Waals surface area contributed by atoms with E-state index in [0.29, 0.717) is 42.2 Å². The minimum atomic E-state index is -0.996. The molecule has 41 heavy (non-hydrogen) atoms. The molecule has 3 aliphatic rings. The fourth-order valence-corrected chi connectivity index (χ4v) is 8.10. The quantitative estimate of drug-likeness (QED) is 0.287. The zero-order valence-corrected chi connectivity index (χ0v) is 24.9. The molecular formula is C35H41ClN2O3. The lowest BCUT2D eigenvalue weighted by Gasteiger charge is -2.47. The van der Waals surface area contributed by atoms with Crippen molar-refractivity contribution in [2.75, 3.05) is 11.9 Å². The zero-order valence-electron chi connectivity index (χ0n) is 24.2. The number of aliphatic carboxylic acids is 1. The molecule has 5 nitrogen and oxygen atoms in total. The Hall–Kier alpha value is -3.05. The number of fused-ring (bicyclic) bond motifs is 3. The number of carboxylic acids is 1. The van der Waals surface area contributed by atoms with E-state index in [1.54, 1.807) is 0 Å². The number of anilines is 1. The van der Waals surface area contributed by atoms with Crippen LogP contribution in [0.5, 0.6) is 5.75 Å². The van der Waals surface area contributed by atoms with Crippen LogP contribution >= 0.6 is 11.6 Å². The van der Waals surface area contributed by atoms with Gasteiger partial charge in [-0.05, 0) is 116 Å². The van der Waals surface area contributed by atoms with E-state index in [2.05, 4.69) is 48.4 Å². The average molecular weight is 573 g/mol. The number of hydrogen-bond acceptors (Lipinski definition) is 4. The van der Waals surface area contributed by atoms with Gasteiger partial charge in [0.15, 0.2) is 0 Å². The van der Waals surface area contributed by atoms with Gasteiger partial charge in [-0.2, -0.15) is 0 Å². The molecule has 6 rings (SSSR count). The van der Waals surface area contributed by atoms with Gasteiger partial charge >= 0.3 is 5.97 Å². The van der Waals surface area contributed by atoms with E-state index >= 15 is 0 Å². The van der Waals surface area contributed by atoms with E-state index in [4.69, 9.17) is 16.3 Å². The van der Waals surface area contributed by atoms with Gasteiger partial charge < -0.3 is 15.2 Å². The smallest absolute Gasteiger partial charge is 0.329 e. The third-order valence-corrected chi connectivity index (χ3v) is 10.4. The molecular weight excluding hydrogens is 532 g/mol. The van der Waals surface area contributed by atoms with Crippen LogP contribution in [0.4, 0.5) is 5.69 Å². The third-order valence-electron chi connectivity index (χ3n) is 10.2. The van der Waals surface area contributed by atoms with Gasteiger partial charge in [0.2, 0.25) is 0 Å². The summed E-state index contributed by atoms with van der Waals surface area (Å²) in [6.45, 7) is 5.30. The standard InChI is InChI=1S/C35H41ClN2O3/c1-23-10-11-31-29(19-23)32(12-17-37-31)41-22-24(2)18-26-20-25-6-3-4-9-30(25)34(26)13-15-35(16-14-34,33(39)40)38-28-8-5-7-27(36)21-28/h3-9,12,17,21,23-24,26,38H,10-11,13-16,18-20,22H2,1-2H3,(H,39,40)/t23?,24-,26+,34?,35?/m1/s1. The van der Waals surface area contributed by atoms with Gasteiger partial charge in [0.25, 0.3) is 0 Å². The molecule has 0 bridgehead atoms. The van der Waals surface area contributed by atoms with Crippen molar-refractivity contribution in [2.24, 2.45) is 17.8 Å². The van der Waals surface area contributed by atoms with Crippen LogP contribution in [0.25, 0.3) is 0 Å². The number of ether oxygens (including phenoxy) is 1. The first-order chi connectivity index (χ1) is 19.8. The molecule has 1 saturated carbocycles. The Morgan fingerprint density at radius 2 is 1.93 bits per heavy atom. The first-order valence-corrected chi connectivity index (χ1v) is 15.6. The topological polar surface area (TPSA) is 71.5 Å². The molecule has 216 valence electrons. The predicted octanol–water partition coefficient (Wildman–Crippen LogP) is 7.88. The van der Waals surface area contributed by atoms with Crippen molar-refractivity contribution in [1.82, 2.24) is 4.98 Å². The van der Waals surface area contributed by atoms with Crippen LogP contribution in [-0.4, -0.2) is 28.2 Å². The number of nitrogens with zero attached hydrogens (tertiary/aromatic N) is 1. The van der Waals surface area contributed by atoms with Gasteiger partial charge in [-0.25, -0.2) is 4.79 Å². The second-order valence-electron chi connectivity index (χ2n) is 13.0. The summed E-state index contributed by atoms with van der Waals surface area (Å²) in [5, 5.41) is 14.4. The first kappa shape index (κ1) is 28.1. The summed E-state index contributed by atoms with van der Waals surface area (Å²) in [6, 6.07) is 18.3. The molecule has 0 amide bonds. The Kier molecular flexibility index (Phi) is 7.76. The lowest BCUT2D eigenvalue weighted by atomic mass is 9.59. The largest absolute Gasteiger partial charge is 0.493 e. The molecule has 1 aromatic heterocycles. The summed E-state index contributed by atoms with van der Waals surface area (Å²) in [5.41, 5.74) is 5.11. The van der Waals surface area contributed by atoms with E-state index in [-0.39, 0.29) is 5.41 Å². The number of carboxylic acid groups (broad SMARTS) is 1. The van der Waals surface area contributed by atoms with Gasteiger partial charge in [-0.3, -0.25) is 4.98 Å². The maximum atomic E-state index is 12.7. The molecule has 3 aromatic rings. The molecule has 1 fully saturated rings. The summed E-state index contributed by atoms with van der Waals surface area (Å²) in [7, 11) is 0. The Morgan fingerprint density at radius 1 is 1.12 bits per heavy atom. The molecule has 0 aliphatic heterocycles. The van der Waals surface area contributed by atoms with E-state index < -0.39 is 11.5 Å². The molecule has 3 aliphatic carbocycles. The van der Waals surface area contributed by atoms with Crippen LogP contribution in [0, 0.1) is 17.8 Å². The molecule has 2 N–H and O–H groups in total. The summed E-state index contributed by atoms with van der Waals surface area (Å²) in [5.74, 6) is 1.73. The maximum Gasteiger partial charge on any atom is 0.329 e. The number of aromatic nitrogens is 1. The fraction of sp³-hybridized carbons (Fsp3) is 0.486. The zero-order chi connectivity index (χ0) is 28.6. The maximum absolute atomic E-state index is 12.7. The molecule has 0 saturated heterocycles. The number of hydrogen-bond donors (Lipinski definition) is 2. The van der Waals surface area contributed by atoms with E-state index in [0.717, 1.165) is 50.0 Å². The highest BCUT2D eigenvalue weighted by molar-refractivity contribution is 6.30. The minimum absolute atomic E-state index is 0.00885. The van der Waals surface area contributed by atoms with E-state index in [1.807, 2.05) is 36.5 Å². The van der Waals surface area contributed by atoms with Crippen molar-refractivity contribution in [3.8, 4) is 5.75 Å². The molecule has 1 unspecified atom stereocenters. The monoisotopic (exact) mass is 572 g/mol. The Bertz CT molecular complexity index is 1410. The van der Waals surface area contributed by atoms with Gasteiger partial charge in [0.05, 0.1) is 6.61 Å². The van der Waals surface area contributed by atoms with Gasteiger partial charge in [0, 0.05) is 28.2 Å². The van der Waals surface area contributed by atoms with E-state index in [9.17, 15) is 9.90 Å². The van der Waals surface area contributed by atoms with Crippen molar-refractivity contribution in [2.45, 2.75) is 82.6 Å². The highest BCUT2D eigenvalue weighted by Gasteiger charge is 2.54. The molecule has 2 aromatic carbocycles. The number of pyridine rings is 1. The van der Waals surface area contributed by atoms with Crippen molar-refractivity contribution in [3.05, 3.63) is 88.2 Å². The summed E-state index contributed by atoms with van der Waals surface area (Å²) in [6.07, 6.45) is 10.1. The second kappa shape index (κ2) is 11.3. The number of carbonyl (C=O) groups is 1. The fourth-order valence-electron chi connectivity index (χ4n) is 7.91. The van der Waals surface area contributed by atoms with Gasteiger partial charge in [-0.15, -0.1) is 0 Å². The van der Waals surface area contributed by atoms with Crippen LogP contribution in [0.2, 0.25) is 5.02 Å². The number of aryl methyl sites for hydroxylation is 1. The van der Waals surface area contributed by atoms with Crippen LogP contribution in [0.15, 0.2) is 60.8 Å². The Balaban J connectivity index is 1.18. The van der Waals surface area contributed by atoms with Crippen LogP contribution in [-0.2, 0) is 29.5 Å². The number of halogens is 1. The second-order valence-corrected chi connectivity index (χ2v) is 13.4. The van der Waals surface area contributed by atoms with E-state index in [1.165, 1.54) is 28.8 Å². The average Bonchev–Trinajstić information content (AvgIpc) is 3.25. The summed E-state index contributed by atoms with van der Waals surface area (Å²) >= 11 is 6.21. The van der Waals surface area contributed by atoms with Crippen molar-refractivity contribution in [3.63, 3.8) is 0 Å². The number of benzene rings is 2. The lowest BCUT2D eigenvalue weighted by molar-refractivity contribution is -0.144. The van der Waals surface area contributed by atoms with Crippen molar-refractivity contribution in [1.29, 1.82) is 0 Å². The lowest BCUT2D eigenvalue weighted by Crippen LogP contribution is -2.53. The molecule has 0 radical (unpaired) electrons. The van der Waals surface area contributed by atoms with Crippen LogP contribution in [0.1, 0.15) is 74.8 Å². The summed E-state index contributed by atoms with van der Waals surface area (Å²) in [4.78, 5) is 17.3. The predicted molar refractivity (Wildman–Crippen MR) is 164 cm³/mol. The van der Waals surface area contributed by atoms with Crippen LogP contribution in [0.3, 0.4) is 0 Å². The molecule has 6 heteroatoms. The number of nitrogens with one attached hydrogen (secondary N) is 1. The van der Waals surface area contributed by atoms with Gasteiger partial charge in [0.1, 0.15) is 11.3 Å². The third kappa shape index (κ3) is 5.46. The van der Waals surface area contributed by atoms with Crippen LogP contribution < -0.4 is 10.1 Å². The first-order valence-electron chi connectivity index (χ1n) is 15.2. The SMILES string of the molecule is CC1CCc2nccc(OC[C@H](C)C[C@H]3Cc4ccccc4C34CCC(Nc3cccc(Cl)c3)(C(=O)O)CC4)c2C1.